The van der Waals surface area contributed by atoms with Crippen molar-refractivity contribution in [1.29, 1.82) is 0 Å². The van der Waals surface area contributed by atoms with Crippen molar-refractivity contribution < 1.29 is 123 Å². The van der Waals surface area contributed by atoms with Gasteiger partial charge in [-0.25, -0.2) is 24.5 Å². The first kappa shape index (κ1) is 111. The fourth-order valence-corrected chi connectivity index (χ4v) is 20.2. The van der Waals surface area contributed by atoms with Crippen LogP contribution in [0.1, 0.15) is 99.1 Å². The zero-order valence-electron chi connectivity index (χ0n) is 75.8. The molecule has 4 aromatic carbocycles. The number of isocyanates is 1. The number of nitrogen functional groups attached to an aromatic ring is 1. The number of amides is 1. The number of furan rings is 2. The Morgan fingerprint density at radius 3 is 1.59 bits per heavy atom. The standard InChI is InChI=1S/C11H8ClNO.C11H5ClNO.C11H8FNO.C11H9NO2.C11H5NO2.C6H5F3O2.C6H6N4.C5H5N3O2.C5H5NO2.C5H6O3.C4H6O.4C2H4O2.Cl3OP.Pb/c3*12-11-8-4-2-1-3-7(8)10-9(13-11)5-6-14-10;2*13-11-8-4-2-1-3-7(8)10-9(12-11)5-6-14-10;7-6(8,9)5(10)4-1-2-11-3-4;7-10-6-4-2-1-3-5(6)8-9-10;6-8-7-5(9)4-1-2-10-3-4;7-4-6-5-1-2-8-3-5;6-5(7)4-1-2-8-3-4;1-2-4-5-3-1;4*1-2(3)4;1-5(2,3)4;/h1-4H,5-6H2;2-6H;1-4H,5-6H2;1-4H,5-6H2,(H,12,13);2-6H;3H,1-2H2;1-4H,7H2;3H,1-2H2;3H,1-2H2;3H,1-2H2,(H,6,7);1,3H,2,4H2;4*1H3,(H,3,4);;/q;+1;;;;;;;;;;;;;;;+4/p-3. The van der Waals surface area contributed by atoms with E-state index in [1.54, 1.807) is 61.3 Å². The van der Waals surface area contributed by atoms with Gasteiger partial charge in [0.1, 0.15) is 91.7 Å². The summed E-state index contributed by atoms with van der Waals surface area (Å²) in [5.74, 6) is 0.800. The third-order valence-corrected chi connectivity index (χ3v) is 28.2. The van der Waals surface area contributed by atoms with Crippen molar-refractivity contribution in [2.75, 3.05) is 58.7 Å². The molecule has 0 bridgehead atoms. The zero-order valence-corrected chi connectivity index (χ0v) is 84.4. The SMILES string of the molecule is C1=COCC1.CC(=O)[O][Pb]([O]C(C)=O)([O]C(C)=O)[O]C(C)=O.Clc1nc2c(c3ccccc13)OCC2.Clc1nc2ccoc2c2c1C=C[C+]=C2.Fc1nc2c(c3ccccc13)OCC2.Nn1nnc2ccccc21.O=C(C1=COCC1)C(F)(F)F.O=C(O)C1=COCC1.O=C=NC1=COCC1.O=P(Cl)(Cl)Cl.O=c1[nH]c2c(c3ccccc13)OCC2.O=c1[nH]c2ccoc2c2c1C=C[C+]=C2.[N-]=[N+]=NC(=O)C1=COCC1. The molecule has 12 aromatic rings. The van der Waals surface area contributed by atoms with Crippen molar-refractivity contribution in [3.63, 3.8) is 0 Å². The molecule has 0 fully saturated rings. The van der Waals surface area contributed by atoms with E-state index in [0.29, 0.717) is 108 Å². The van der Waals surface area contributed by atoms with Gasteiger partial charge in [0, 0.05) is 119 Å². The number of rotatable bonds is 8. The maximum Gasteiger partial charge on any atom is 0.454 e. The van der Waals surface area contributed by atoms with Crippen molar-refractivity contribution in [1.82, 2.24) is 40.0 Å². The van der Waals surface area contributed by atoms with E-state index in [9.17, 15) is 70.1 Å². The second kappa shape index (κ2) is 54.2. The van der Waals surface area contributed by atoms with Crippen LogP contribution in [0.4, 0.5) is 17.6 Å². The van der Waals surface area contributed by atoms with Crippen LogP contribution in [-0.4, -0.2) is 175 Å². The number of aliphatic imine (C=N–C) groups is 1. The van der Waals surface area contributed by atoms with E-state index in [1.165, 1.54) is 29.7 Å². The number of Topliss-reactive ketones (excluding diaryl/α,β-unsaturated/α-hetero) is 1. The van der Waals surface area contributed by atoms with Crippen LogP contribution >= 0.6 is 62.1 Å². The normalized spacial score (nSPS) is 13.8. The zero-order chi connectivity index (χ0) is 104. The minimum atomic E-state index is -5.43. The van der Waals surface area contributed by atoms with Gasteiger partial charge in [-0.15, -0.1) is 5.10 Å². The summed E-state index contributed by atoms with van der Waals surface area (Å²) in [6, 6.07) is 33.8. The molecule has 1 amide bonds. The van der Waals surface area contributed by atoms with Crippen LogP contribution in [0.3, 0.4) is 0 Å². The number of hydrogen-bond acceptors (Lipinski definition) is 32. The Labute approximate surface area is 843 Å². The number of ketones is 1. The number of nitrogens with one attached hydrogen (secondary N) is 2. The number of H-pyrrole nitrogens is 2. The molecule has 8 aliphatic heterocycles. The fourth-order valence-electron chi connectivity index (χ4n) is 13.2. The largest absolute Gasteiger partial charge is 0.500 e. The van der Waals surface area contributed by atoms with Crippen molar-refractivity contribution in [2.45, 2.75) is 85.2 Å². The van der Waals surface area contributed by atoms with Crippen LogP contribution in [0.15, 0.2) is 222 Å². The van der Waals surface area contributed by atoms with E-state index in [4.69, 9.17) is 76.9 Å². The van der Waals surface area contributed by atoms with Crippen molar-refractivity contribution in [3.05, 3.63) is 293 Å². The van der Waals surface area contributed by atoms with Gasteiger partial charge in [-0.2, -0.15) is 27.3 Å². The van der Waals surface area contributed by atoms with Gasteiger partial charge in [0.15, 0.2) is 10.7 Å². The Balaban J connectivity index is 0.000000162. The van der Waals surface area contributed by atoms with Gasteiger partial charge in [0.2, 0.25) is 29.1 Å². The van der Waals surface area contributed by atoms with Crippen LogP contribution in [0.2, 0.25) is 10.3 Å². The summed E-state index contributed by atoms with van der Waals surface area (Å²) in [7, 11) is 0. The molecule has 50 heteroatoms. The number of halogens is 9. The number of carboxylic acid groups (broad SMARTS) is 1. The molecule has 16 heterocycles. The molecule has 0 saturated carbocycles. The third-order valence-electron chi connectivity index (χ3n) is 19.3. The van der Waals surface area contributed by atoms with Crippen molar-refractivity contribution in [2.24, 2.45) is 10.1 Å². The first-order chi connectivity index (χ1) is 68.9. The molecule has 0 unspecified atom stereocenters. The number of carbonyl (C=O) groups excluding carboxylic acids is 7. The summed E-state index contributed by atoms with van der Waals surface area (Å²) >= 11 is 20.5. The number of nitrogens with zero attached hydrogens (tertiary/aromatic N) is 10. The number of nitrogens with two attached hydrogens (primary N) is 1. The van der Waals surface area contributed by atoms with Crippen LogP contribution < -0.4 is 31.2 Å². The van der Waals surface area contributed by atoms with Crippen molar-refractivity contribution >= 4 is 223 Å². The van der Waals surface area contributed by atoms with E-state index in [2.05, 4.69) is 116 Å². The van der Waals surface area contributed by atoms with Gasteiger partial charge in [-0.1, -0.05) is 96.0 Å². The van der Waals surface area contributed by atoms with Crippen LogP contribution in [0.25, 0.3) is 100 Å². The Kier molecular flexibility index (Phi) is 41.7. The number of aromatic amines is 2. The Hall–Kier alpha value is -15.1. The molecule has 144 heavy (non-hydrogen) atoms. The summed E-state index contributed by atoms with van der Waals surface area (Å²) < 4.78 is 127. The predicted octanol–water partition coefficient (Wildman–Crippen LogP) is 18.9. The first-order valence-electron chi connectivity index (χ1n) is 42.4. The number of carbonyl (C=O) groups is 7. The molecule has 8 aromatic heterocycles. The topological polar surface area (TPSA) is 533 Å². The minimum absolute atomic E-state index is 0.0233. The number of azide groups is 1. The predicted molar refractivity (Wildman–Crippen MR) is 521 cm³/mol. The number of alkyl halides is 3. The van der Waals surface area contributed by atoms with Crippen LogP contribution in [0.5, 0.6) is 17.2 Å². The maximum atomic E-state index is 13.5. The monoisotopic (exact) mass is 2300 g/mol. The summed E-state index contributed by atoms with van der Waals surface area (Å²) in [4.78, 5) is 132. The maximum absolute atomic E-state index is 13.5. The van der Waals surface area contributed by atoms with Gasteiger partial charge in [0.05, 0.1) is 136 Å². The van der Waals surface area contributed by atoms with E-state index >= 15 is 0 Å². The number of hydrogen-bond donors (Lipinski definition) is 4. The van der Waals surface area contributed by atoms with Gasteiger partial charge < -0.3 is 67.6 Å². The molecule has 0 spiro atoms. The summed E-state index contributed by atoms with van der Waals surface area (Å²) in [5, 5.41) is 21.5. The van der Waals surface area contributed by atoms with Crippen molar-refractivity contribution in [3.8, 4) is 17.2 Å². The van der Waals surface area contributed by atoms with Gasteiger partial charge in [0.25, 0.3) is 16.9 Å². The van der Waals surface area contributed by atoms with E-state index in [0.717, 1.165) is 166 Å². The molecular weight excluding hydrogens is 2220 g/mol. The number of ether oxygens (including phenoxy) is 8. The summed E-state index contributed by atoms with van der Waals surface area (Å²) in [6.45, 7) is 8.72. The number of pyridine rings is 5. The van der Waals surface area contributed by atoms with Gasteiger partial charge in [-0.3, -0.25) is 23.7 Å². The minimum Gasteiger partial charge on any atom is -0.500 e. The second-order valence-corrected chi connectivity index (χ2v) is 43.7. The fraction of sp³-hybridized carbons (Fsp3) is 0.223. The molecule has 0 atom stereocenters. The second-order valence-electron chi connectivity index (χ2n) is 29.3. The number of aromatic nitrogens is 8. The van der Waals surface area contributed by atoms with Crippen LogP contribution in [0, 0.1) is 18.1 Å². The van der Waals surface area contributed by atoms with Gasteiger partial charge >= 0.3 is 122 Å². The molecular formula is C94H81Cl5F4N13O26PPb+2. The first-order valence-corrected chi connectivity index (χ1v) is 53.9. The molecule has 22 rings (SSSR count). The van der Waals surface area contributed by atoms with E-state index in [-0.39, 0.29) is 29.7 Å². The number of para-hydroxylation sites is 1. The number of fused-ring (bicyclic) bond motifs is 16. The van der Waals surface area contributed by atoms with Gasteiger partial charge in [-0.05, 0) is 79.9 Å². The molecule has 0 radical (unpaired) electrons. The molecule has 748 valence electrons. The molecule has 10 aliphatic rings. The number of benzene rings is 4. The average Bonchev–Trinajstić information content (AvgIpc) is 1.60. The Morgan fingerprint density at radius 1 is 0.569 bits per heavy atom. The Morgan fingerprint density at radius 2 is 1.07 bits per heavy atom. The summed E-state index contributed by atoms with van der Waals surface area (Å²) in [5.41, 5.74) is 19.5. The molecule has 39 nitrogen and oxygen atoms in total. The van der Waals surface area contributed by atoms with Crippen LogP contribution in [-0.2, 0) is 96.6 Å². The quantitative estimate of drug-likeness (QED) is 0.00938. The average molecular weight is 2300 g/mol. The summed E-state index contributed by atoms with van der Waals surface area (Å²) in [6.07, 6.45) is 30.6. The smallest absolute Gasteiger partial charge is 0.454 e. The van der Waals surface area contributed by atoms with E-state index < -0.39 is 81.8 Å². The molecule has 5 N–H and O–H groups in total. The third kappa shape index (κ3) is 33.0. The Bertz CT molecular complexity index is 7150. The number of aliphatic carboxylic acids is 1. The molecule has 0 saturated heterocycles. The number of carboxylic acids is 1. The number of allylic oxidation sites excluding steroid dienone is 4. The molecule has 2 aliphatic carbocycles. The van der Waals surface area contributed by atoms with E-state index in [1.807, 2.05) is 109 Å².